The number of amides is 1. The molecule has 34 heavy (non-hydrogen) atoms. The molecule has 1 heterocycles. The zero-order chi connectivity index (χ0) is 25.0. The molecule has 0 aromatic heterocycles. The standard InChI is InChI=1S/C22H17F3N2O5S2/c1-3-9-26-20(28)19(34-21(26)33)11-13-5-7-17(18(10-13)31-4-2)32-16-8-6-14(22(23,24)25)12-15(16)27(29)30/h3,5-8,10-12H,1,4,9H2,2H3/b19-11-. The quantitative estimate of drug-likeness (QED) is 0.138. The van der Waals surface area contributed by atoms with Gasteiger partial charge in [-0.2, -0.15) is 13.2 Å². The van der Waals surface area contributed by atoms with Crippen molar-refractivity contribution < 1.29 is 32.4 Å². The first-order valence-corrected chi connectivity index (χ1v) is 10.9. The van der Waals surface area contributed by atoms with Gasteiger partial charge in [0.2, 0.25) is 5.75 Å². The number of nitro benzene ring substituents is 1. The van der Waals surface area contributed by atoms with Gasteiger partial charge in [-0.3, -0.25) is 19.8 Å². The predicted octanol–water partition coefficient (Wildman–Crippen LogP) is 6.19. The molecule has 0 bridgehead atoms. The fraction of sp³-hybridized carbons (Fsp3) is 0.182. The van der Waals surface area contributed by atoms with Crippen molar-refractivity contribution in [2.24, 2.45) is 0 Å². The van der Waals surface area contributed by atoms with Gasteiger partial charge >= 0.3 is 11.9 Å². The first-order valence-electron chi connectivity index (χ1n) is 9.71. The maximum atomic E-state index is 13.0. The van der Waals surface area contributed by atoms with Gasteiger partial charge in [0.15, 0.2) is 11.5 Å². The zero-order valence-electron chi connectivity index (χ0n) is 17.6. The fourth-order valence-corrected chi connectivity index (χ4v) is 4.22. The van der Waals surface area contributed by atoms with Crippen LogP contribution in [-0.4, -0.2) is 33.2 Å². The number of thioether (sulfide) groups is 1. The lowest BCUT2D eigenvalue weighted by Crippen LogP contribution is -2.27. The van der Waals surface area contributed by atoms with Crippen molar-refractivity contribution in [2.45, 2.75) is 13.1 Å². The molecule has 178 valence electrons. The van der Waals surface area contributed by atoms with Crippen molar-refractivity contribution in [3.05, 3.63) is 75.2 Å². The smallest absolute Gasteiger partial charge is 0.416 e. The second-order valence-corrected chi connectivity index (χ2v) is 8.44. The van der Waals surface area contributed by atoms with Crippen molar-refractivity contribution in [3.63, 3.8) is 0 Å². The predicted molar refractivity (Wildman–Crippen MR) is 126 cm³/mol. The molecule has 0 saturated carbocycles. The summed E-state index contributed by atoms with van der Waals surface area (Å²) < 4.78 is 50.4. The Bertz CT molecular complexity index is 1200. The van der Waals surface area contributed by atoms with Gasteiger partial charge in [-0.15, -0.1) is 6.58 Å². The number of nitro groups is 1. The van der Waals surface area contributed by atoms with Crippen LogP contribution in [0.25, 0.3) is 6.08 Å². The minimum atomic E-state index is -4.74. The fourth-order valence-electron chi connectivity index (χ4n) is 2.95. The third kappa shape index (κ3) is 5.57. The first kappa shape index (κ1) is 25.2. The number of halogens is 3. The average Bonchev–Trinajstić information content (AvgIpc) is 3.02. The minimum Gasteiger partial charge on any atom is -0.490 e. The molecule has 1 saturated heterocycles. The Kier molecular flexibility index (Phi) is 7.62. The van der Waals surface area contributed by atoms with Gasteiger partial charge in [0.25, 0.3) is 5.91 Å². The number of hydrogen-bond acceptors (Lipinski definition) is 7. The Morgan fingerprint density at radius 1 is 1.21 bits per heavy atom. The second kappa shape index (κ2) is 10.3. The van der Waals surface area contributed by atoms with E-state index in [2.05, 4.69) is 6.58 Å². The molecule has 0 unspecified atom stereocenters. The molecule has 12 heteroatoms. The number of benzene rings is 2. The summed E-state index contributed by atoms with van der Waals surface area (Å²) in [6.45, 7) is 5.81. The summed E-state index contributed by atoms with van der Waals surface area (Å²) in [5.74, 6) is -0.404. The molecule has 3 rings (SSSR count). The topological polar surface area (TPSA) is 81.9 Å². The van der Waals surface area contributed by atoms with E-state index in [9.17, 15) is 28.1 Å². The van der Waals surface area contributed by atoms with E-state index in [1.165, 1.54) is 11.0 Å². The van der Waals surface area contributed by atoms with E-state index < -0.39 is 22.4 Å². The highest BCUT2D eigenvalue weighted by Gasteiger charge is 2.34. The van der Waals surface area contributed by atoms with Crippen LogP contribution < -0.4 is 9.47 Å². The van der Waals surface area contributed by atoms with Crippen LogP contribution in [0.4, 0.5) is 18.9 Å². The van der Waals surface area contributed by atoms with Gasteiger partial charge in [-0.05, 0) is 42.8 Å². The van der Waals surface area contributed by atoms with E-state index in [1.807, 2.05) is 0 Å². The highest BCUT2D eigenvalue weighted by molar-refractivity contribution is 8.26. The zero-order valence-corrected chi connectivity index (χ0v) is 19.3. The third-order valence-electron chi connectivity index (χ3n) is 4.45. The van der Waals surface area contributed by atoms with Crippen LogP contribution in [0, 0.1) is 10.1 Å². The Morgan fingerprint density at radius 3 is 2.53 bits per heavy atom. The molecule has 7 nitrogen and oxygen atoms in total. The summed E-state index contributed by atoms with van der Waals surface area (Å²) in [7, 11) is 0. The molecule has 0 aliphatic carbocycles. The highest BCUT2D eigenvalue weighted by Crippen LogP contribution is 2.41. The number of nitrogens with zero attached hydrogens (tertiary/aromatic N) is 2. The van der Waals surface area contributed by atoms with Crippen LogP contribution in [-0.2, 0) is 11.0 Å². The minimum absolute atomic E-state index is 0.0565. The van der Waals surface area contributed by atoms with E-state index in [4.69, 9.17) is 21.7 Å². The normalized spacial score (nSPS) is 15.1. The molecule has 0 spiro atoms. The van der Waals surface area contributed by atoms with Crippen molar-refractivity contribution in [3.8, 4) is 17.2 Å². The molecule has 2 aromatic carbocycles. The molecule has 0 N–H and O–H groups in total. The van der Waals surface area contributed by atoms with E-state index in [1.54, 1.807) is 31.2 Å². The van der Waals surface area contributed by atoms with Crippen LogP contribution in [0.3, 0.4) is 0 Å². The average molecular weight is 511 g/mol. The number of carbonyl (C=O) groups excluding carboxylic acids is 1. The van der Waals surface area contributed by atoms with Crippen molar-refractivity contribution in [2.75, 3.05) is 13.2 Å². The molecular formula is C22H17F3N2O5S2. The van der Waals surface area contributed by atoms with E-state index in [0.29, 0.717) is 26.9 Å². The van der Waals surface area contributed by atoms with Gasteiger partial charge < -0.3 is 9.47 Å². The first-order chi connectivity index (χ1) is 16.0. The largest absolute Gasteiger partial charge is 0.490 e. The SMILES string of the molecule is C=CCN1C(=O)/C(=C/c2ccc(Oc3ccc(C(F)(F)F)cc3[N+](=O)[O-])c(OCC)c2)SC1=S. The molecule has 2 aromatic rings. The molecule has 1 aliphatic rings. The van der Waals surface area contributed by atoms with Gasteiger partial charge in [-0.25, -0.2) is 0 Å². The van der Waals surface area contributed by atoms with Crippen molar-refractivity contribution in [1.82, 2.24) is 4.90 Å². The Morgan fingerprint density at radius 2 is 1.91 bits per heavy atom. The summed E-state index contributed by atoms with van der Waals surface area (Å²) in [6.07, 6.45) is -1.57. The maximum absolute atomic E-state index is 13.0. The number of thiocarbonyl (C=S) groups is 1. The summed E-state index contributed by atoms with van der Waals surface area (Å²) in [5.41, 5.74) is -1.44. The summed E-state index contributed by atoms with van der Waals surface area (Å²) >= 11 is 6.35. The van der Waals surface area contributed by atoms with Gasteiger partial charge in [0.05, 0.1) is 22.0 Å². The van der Waals surface area contributed by atoms with Crippen LogP contribution in [0.1, 0.15) is 18.1 Å². The summed E-state index contributed by atoms with van der Waals surface area (Å²) in [5, 5.41) is 11.3. The monoisotopic (exact) mass is 510 g/mol. The third-order valence-corrected chi connectivity index (χ3v) is 5.83. The van der Waals surface area contributed by atoms with Gasteiger partial charge in [-0.1, -0.05) is 36.1 Å². The molecule has 1 aliphatic heterocycles. The number of rotatable bonds is 8. The van der Waals surface area contributed by atoms with Crippen LogP contribution in [0.15, 0.2) is 54.0 Å². The molecule has 1 amide bonds. The lowest BCUT2D eigenvalue weighted by molar-refractivity contribution is -0.385. The highest BCUT2D eigenvalue weighted by atomic mass is 32.2. The van der Waals surface area contributed by atoms with Gasteiger partial charge in [0.1, 0.15) is 4.32 Å². The Hall–Kier alpha value is -3.38. The number of hydrogen-bond donors (Lipinski definition) is 0. The number of alkyl halides is 3. The second-order valence-electron chi connectivity index (χ2n) is 6.76. The van der Waals surface area contributed by atoms with Crippen molar-refractivity contribution in [1.29, 1.82) is 0 Å². The number of carbonyl (C=O) groups is 1. The lowest BCUT2D eigenvalue weighted by Gasteiger charge is -2.14. The summed E-state index contributed by atoms with van der Waals surface area (Å²) in [4.78, 5) is 24.7. The number of ether oxygens (including phenoxy) is 2. The van der Waals surface area contributed by atoms with E-state index >= 15 is 0 Å². The van der Waals surface area contributed by atoms with E-state index in [0.717, 1.165) is 17.8 Å². The lowest BCUT2D eigenvalue weighted by atomic mass is 10.1. The van der Waals surface area contributed by atoms with E-state index in [-0.39, 0.29) is 36.3 Å². The Labute approximate surface area is 202 Å². The van der Waals surface area contributed by atoms with Gasteiger partial charge in [0, 0.05) is 12.6 Å². The van der Waals surface area contributed by atoms with Crippen molar-refractivity contribution >= 4 is 46.0 Å². The van der Waals surface area contributed by atoms with Crippen LogP contribution >= 0.6 is 24.0 Å². The molecule has 0 radical (unpaired) electrons. The summed E-state index contributed by atoms with van der Waals surface area (Å²) in [6, 6.07) is 6.57. The Balaban J connectivity index is 1.94. The maximum Gasteiger partial charge on any atom is 0.416 e. The van der Waals surface area contributed by atoms with Crippen LogP contribution in [0.2, 0.25) is 0 Å². The molecule has 0 atom stereocenters. The van der Waals surface area contributed by atoms with Crippen LogP contribution in [0.5, 0.6) is 17.2 Å². The molecule has 1 fully saturated rings. The molecular weight excluding hydrogens is 493 g/mol.